The van der Waals surface area contributed by atoms with E-state index < -0.39 is 0 Å². The van der Waals surface area contributed by atoms with E-state index in [-0.39, 0.29) is 24.4 Å². The number of hydrogen-bond donors (Lipinski definition) is 1. The molecule has 5 nitrogen and oxygen atoms in total. The van der Waals surface area contributed by atoms with Crippen LogP contribution in [0.4, 0.5) is 0 Å². The van der Waals surface area contributed by atoms with Crippen molar-refractivity contribution in [1.82, 2.24) is 10.2 Å². The standard InChI is InChI=1S/C19H20Cl2N2O3/c1-12(16-9-6-14(20)10-17(16)21)23(2)18(24)11-22-19(25)13-4-7-15(26-3)8-5-13/h4-10,12H,11H2,1-3H3,(H,22,25). The van der Waals surface area contributed by atoms with Crippen molar-refractivity contribution in [3.8, 4) is 5.75 Å². The number of methoxy groups -OCH3 is 1. The molecule has 0 heterocycles. The van der Waals surface area contributed by atoms with Crippen molar-refractivity contribution in [3.05, 3.63) is 63.6 Å². The molecule has 0 bridgehead atoms. The summed E-state index contributed by atoms with van der Waals surface area (Å²) in [6.07, 6.45) is 0. The minimum absolute atomic E-state index is 0.114. The van der Waals surface area contributed by atoms with Gasteiger partial charge in [0.15, 0.2) is 0 Å². The molecule has 0 aliphatic rings. The average molecular weight is 395 g/mol. The SMILES string of the molecule is COc1ccc(C(=O)NCC(=O)N(C)C(C)c2ccc(Cl)cc2Cl)cc1. The van der Waals surface area contributed by atoms with E-state index in [1.54, 1.807) is 56.6 Å². The molecule has 2 aromatic rings. The number of nitrogens with one attached hydrogen (secondary N) is 1. The third kappa shape index (κ3) is 4.90. The van der Waals surface area contributed by atoms with Crippen LogP contribution in [-0.2, 0) is 4.79 Å². The molecule has 0 saturated carbocycles. The number of hydrogen-bond acceptors (Lipinski definition) is 3. The zero-order chi connectivity index (χ0) is 19.3. The van der Waals surface area contributed by atoms with Crippen LogP contribution in [0, 0.1) is 0 Å². The number of carbonyl (C=O) groups is 2. The summed E-state index contributed by atoms with van der Waals surface area (Å²) in [5.41, 5.74) is 1.24. The maximum atomic E-state index is 12.4. The fourth-order valence-electron chi connectivity index (χ4n) is 2.39. The molecule has 2 aromatic carbocycles. The maximum absolute atomic E-state index is 12.4. The maximum Gasteiger partial charge on any atom is 0.251 e. The molecule has 138 valence electrons. The van der Waals surface area contributed by atoms with Crippen LogP contribution in [0.1, 0.15) is 28.9 Å². The van der Waals surface area contributed by atoms with Gasteiger partial charge in [-0.2, -0.15) is 0 Å². The Balaban J connectivity index is 1.96. The second kappa shape index (κ2) is 8.92. The van der Waals surface area contributed by atoms with E-state index in [4.69, 9.17) is 27.9 Å². The van der Waals surface area contributed by atoms with E-state index in [1.165, 1.54) is 4.90 Å². The fourth-order valence-corrected chi connectivity index (χ4v) is 2.96. The summed E-state index contributed by atoms with van der Waals surface area (Å²) >= 11 is 12.1. The zero-order valence-corrected chi connectivity index (χ0v) is 16.3. The van der Waals surface area contributed by atoms with Crippen LogP contribution >= 0.6 is 23.2 Å². The average Bonchev–Trinajstić information content (AvgIpc) is 2.64. The van der Waals surface area contributed by atoms with E-state index in [2.05, 4.69) is 5.32 Å². The Kier molecular flexibility index (Phi) is 6.89. The molecule has 1 unspecified atom stereocenters. The van der Waals surface area contributed by atoms with Gasteiger partial charge in [-0.15, -0.1) is 0 Å². The summed E-state index contributed by atoms with van der Waals surface area (Å²) in [4.78, 5) is 26.1. The van der Waals surface area contributed by atoms with Gasteiger partial charge in [0.25, 0.3) is 5.91 Å². The topological polar surface area (TPSA) is 58.6 Å². The van der Waals surface area contributed by atoms with Crippen molar-refractivity contribution in [1.29, 1.82) is 0 Å². The van der Waals surface area contributed by atoms with Crippen LogP contribution in [0.5, 0.6) is 5.75 Å². The second-order valence-corrected chi connectivity index (χ2v) is 6.60. The largest absolute Gasteiger partial charge is 0.497 e. The number of rotatable bonds is 6. The molecule has 7 heteroatoms. The lowest BCUT2D eigenvalue weighted by Gasteiger charge is -2.26. The Hall–Kier alpha value is -2.24. The summed E-state index contributed by atoms with van der Waals surface area (Å²) in [6.45, 7) is 1.75. The van der Waals surface area contributed by atoms with Gasteiger partial charge >= 0.3 is 0 Å². The van der Waals surface area contributed by atoms with Crippen molar-refractivity contribution in [2.24, 2.45) is 0 Å². The summed E-state index contributed by atoms with van der Waals surface area (Å²) in [5.74, 6) is 0.1000. The highest BCUT2D eigenvalue weighted by molar-refractivity contribution is 6.35. The molecule has 1 N–H and O–H groups in total. The Morgan fingerprint density at radius 1 is 1.15 bits per heavy atom. The molecule has 0 radical (unpaired) electrons. The number of halogens is 2. The lowest BCUT2D eigenvalue weighted by Crippen LogP contribution is -2.39. The highest BCUT2D eigenvalue weighted by Crippen LogP contribution is 2.29. The van der Waals surface area contributed by atoms with Gasteiger partial charge < -0.3 is 15.0 Å². The van der Waals surface area contributed by atoms with E-state index in [1.807, 2.05) is 6.92 Å². The Morgan fingerprint density at radius 3 is 2.38 bits per heavy atom. The van der Waals surface area contributed by atoms with Crippen LogP contribution in [-0.4, -0.2) is 37.4 Å². The minimum atomic E-state index is -0.327. The monoisotopic (exact) mass is 394 g/mol. The predicted molar refractivity (Wildman–Crippen MR) is 103 cm³/mol. The van der Waals surface area contributed by atoms with Crippen molar-refractivity contribution < 1.29 is 14.3 Å². The molecule has 26 heavy (non-hydrogen) atoms. The first-order valence-corrected chi connectivity index (χ1v) is 8.72. The lowest BCUT2D eigenvalue weighted by molar-refractivity contribution is -0.130. The molecule has 0 aliphatic heterocycles. The quantitative estimate of drug-likeness (QED) is 0.806. The van der Waals surface area contributed by atoms with Crippen LogP contribution in [0.25, 0.3) is 0 Å². The van der Waals surface area contributed by atoms with E-state index in [0.717, 1.165) is 5.56 Å². The molecule has 0 aromatic heterocycles. The van der Waals surface area contributed by atoms with E-state index in [0.29, 0.717) is 21.4 Å². The highest BCUT2D eigenvalue weighted by Gasteiger charge is 2.20. The van der Waals surface area contributed by atoms with Crippen molar-refractivity contribution in [3.63, 3.8) is 0 Å². The molecule has 2 amide bonds. The summed E-state index contributed by atoms with van der Waals surface area (Å²) in [7, 11) is 3.22. The molecule has 2 rings (SSSR count). The van der Waals surface area contributed by atoms with Crippen molar-refractivity contribution in [2.75, 3.05) is 20.7 Å². The normalized spacial score (nSPS) is 11.6. The minimum Gasteiger partial charge on any atom is -0.497 e. The number of nitrogens with zero attached hydrogens (tertiary/aromatic N) is 1. The van der Waals surface area contributed by atoms with Gasteiger partial charge in [0.1, 0.15) is 5.75 Å². The number of carbonyl (C=O) groups excluding carboxylic acids is 2. The van der Waals surface area contributed by atoms with Gasteiger partial charge in [-0.25, -0.2) is 0 Å². The summed E-state index contributed by atoms with van der Waals surface area (Å²) < 4.78 is 5.05. The predicted octanol–water partition coefficient (Wildman–Crippen LogP) is 3.95. The van der Waals surface area contributed by atoms with Gasteiger partial charge in [-0.05, 0) is 48.9 Å². The first kappa shape index (κ1) is 20.1. The summed E-state index contributed by atoms with van der Waals surface area (Å²) in [5, 5.41) is 3.65. The number of benzene rings is 2. The molecule has 0 fully saturated rings. The summed E-state index contributed by atoms with van der Waals surface area (Å²) in [6, 6.07) is 11.5. The molecule has 0 aliphatic carbocycles. The third-order valence-corrected chi connectivity index (χ3v) is 4.70. The number of ether oxygens (including phenoxy) is 1. The van der Waals surface area contributed by atoms with E-state index in [9.17, 15) is 9.59 Å². The Labute approximate surface area is 162 Å². The van der Waals surface area contributed by atoms with Gasteiger partial charge in [-0.1, -0.05) is 29.3 Å². The second-order valence-electron chi connectivity index (χ2n) is 5.76. The molecular weight excluding hydrogens is 375 g/mol. The molecule has 1 atom stereocenters. The van der Waals surface area contributed by atoms with Gasteiger partial charge in [-0.3, -0.25) is 9.59 Å². The van der Waals surface area contributed by atoms with Gasteiger partial charge in [0, 0.05) is 22.7 Å². The Bertz CT molecular complexity index is 794. The van der Waals surface area contributed by atoms with Crippen molar-refractivity contribution in [2.45, 2.75) is 13.0 Å². The zero-order valence-electron chi connectivity index (χ0n) is 14.8. The van der Waals surface area contributed by atoms with Crippen LogP contribution in [0.2, 0.25) is 10.0 Å². The molecule has 0 spiro atoms. The highest BCUT2D eigenvalue weighted by atomic mass is 35.5. The van der Waals surface area contributed by atoms with Crippen LogP contribution < -0.4 is 10.1 Å². The first-order chi connectivity index (χ1) is 12.3. The van der Waals surface area contributed by atoms with Crippen LogP contribution in [0.15, 0.2) is 42.5 Å². The molecule has 0 saturated heterocycles. The Morgan fingerprint density at radius 2 is 1.81 bits per heavy atom. The lowest BCUT2D eigenvalue weighted by atomic mass is 10.1. The first-order valence-electron chi connectivity index (χ1n) is 7.96. The van der Waals surface area contributed by atoms with Crippen molar-refractivity contribution >= 4 is 35.0 Å². The van der Waals surface area contributed by atoms with Gasteiger partial charge in [0.2, 0.25) is 5.91 Å². The fraction of sp³-hybridized carbons (Fsp3) is 0.263. The van der Waals surface area contributed by atoms with E-state index >= 15 is 0 Å². The molecular formula is C19H20Cl2N2O3. The number of likely N-dealkylation sites (N-methyl/N-ethyl adjacent to an activating group) is 1. The van der Waals surface area contributed by atoms with Crippen LogP contribution in [0.3, 0.4) is 0 Å². The number of amides is 2. The smallest absolute Gasteiger partial charge is 0.251 e. The van der Waals surface area contributed by atoms with Gasteiger partial charge in [0.05, 0.1) is 19.7 Å². The third-order valence-electron chi connectivity index (χ3n) is 4.14.